The van der Waals surface area contributed by atoms with Crippen LogP contribution in [0.25, 0.3) is 0 Å². The third kappa shape index (κ3) is 25.8. The van der Waals surface area contributed by atoms with Gasteiger partial charge in [0.15, 0.2) is 11.5 Å². The maximum Gasteiger partial charge on any atom is 0.222 e. The quantitative estimate of drug-likeness (QED) is 0.0422. The average Bonchev–Trinajstić information content (AvgIpc) is 1.73. The topological polar surface area (TPSA) is 118 Å². The number of pyridine rings is 3. The van der Waals surface area contributed by atoms with Crippen molar-refractivity contribution in [3.63, 3.8) is 0 Å². The van der Waals surface area contributed by atoms with Crippen LogP contribution >= 0.6 is 11.6 Å². The number of aryl methyl sites for hydroxylation is 3. The van der Waals surface area contributed by atoms with Crippen LogP contribution in [0.1, 0.15) is 121 Å². The molecular weight excluding hydrogens is 1160 g/mol. The fourth-order valence-electron chi connectivity index (χ4n) is 11.4. The molecule has 1 aliphatic carbocycles. The summed E-state index contributed by atoms with van der Waals surface area (Å²) in [6, 6.07) is 72.5. The molecule has 0 atom stereocenters. The number of benzene rings is 6. The van der Waals surface area contributed by atoms with Gasteiger partial charge in [-0.15, -0.1) is 0 Å². The summed E-state index contributed by atoms with van der Waals surface area (Å²) in [5.74, 6) is 2.67. The second-order valence-corrected chi connectivity index (χ2v) is 24.0. The van der Waals surface area contributed by atoms with Gasteiger partial charge in [-0.05, 0) is 151 Å². The number of hydrogen-bond donors (Lipinski definition) is 0. The predicted molar refractivity (Wildman–Crippen MR) is 371 cm³/mol. The lowest BCUT2D eigenvalue weighted by Gasteiger charge is -2.30. The van der Waals surface area contributed by atoms with Gasteiger partial charge in [0.25, 0.3) is 0 Å². The highest BCUT2D eigenvalue weighted by atomic mass is 35.5. The van der Waals surface area contributed by atoms with Gasteiger partial charge in [0.2, 0.25) is 17.7 Å². The molecular formula is C80H91ClN6O5. The predicted octanol–water partition coefficient (Wildman–Crippen LogP) is 16.6. The van der Waals surface area contributed by atoms with Gasteiger partial charge in [0.05, 0.1) is 7.11 Å². The highest BCUT2D eigenvalue weighted by Crippen LogP contribution is 2.30. The van der Waals surface area contributed by atoms with Crippen molar-refractivity contribution < 1.29 is 23.9 Å². The summed E-state index contributed by atoms with van der Waals surface area (Å²) in [5.41, 5.74) is 10.1. The minimum absolute atomic E-state index is 0.148. The lowest BCUT2D eigenvalue weighted by molar-refractivity contribution is -0.132. The van der Waals surface area contributed by atoms with E-state index in [1.54, 1.807) is 19.5 Å². The molecule has 11 nitrogen and oxygen atoms in total. The van der Waals surface area contributed by atoms with Crippen molar-refractivity contribution in [1.29, 1.82) is 0 Å². The molecule has 1 fully saturated rings. The number of rotatable bonds is 31. The van der Waals surface area contributed by atoms with Crippen LogP contribution in [0.3, 0.4) is 0 Å². The Kier molecular flexibility index (Phi) is 30.0. The first-order valence-corrected chi connectivity index (χ1v) is 33.3. The number of amides is 3. The Morgan fingerprint density at radius 2 is 0.804 bits per heavy atom. The Morgan fingerprint density at radius 1 is 0.413 bits per heavy atom. The fraction of sp³-hybridized carbons (Fsp3) is 0.325. The lowest BCUT2D eigenvalue weighted by atomic mass is 9.89. The molecule has 478 valence electrons. The van der Waals surface area contributed by atoms with Gasteiger partial charge in [0.1, 0.15) is 6.61 Å². The Morgan fingerprint density at radius 3 is 1.23 bits per heavy atom. The monoisotopic (exact) mass is 1250 g/mol. The molecule has 10 rings (SSSR count). The number of methoxy groups -OCH3 is 1. The van der Waals surface area contributed by atoms with E-state index in [1.807, 2.05) is 180 Å². The Bertz CT molecular complexity index is 3480. The Balaban J connectivity index is 0.000000181. The summed E-state index contributed by atoms with van der Waals surface area (Å²) < 4.78 is 11.6. The molecule has 3 amide bonds. The van der Waals surface area contributed by atoms with E-state index in [1.165, 1.54) is 48.8 Å². The van der Waals surface area contributed by atoms with Crippen molar-refractivity contribution in [2.45, 2.75) is 129 Å². The van der Waals surface area contributed by atoms with Crippen molar-refractivity contribution >= 4 is 29.3 Å². The van der Waals surface area contributed by atoms with Crippen molar-refractivity contribution in [1.82, 2.24) is 29.7 Å². The molecule has 0 unspecified atom stereocenters. The molecule has 9 aromatic rings. The number of ether oxygens (including phenoxy) is 2. The molecule has 0 spiro atoms. The average molecular weight is 1250 g/mol. The van der Waals surface area contributed by atoms with Crippen LogP contribution in [-0.4, -0.2) is 80.7 Å². The summed E-state index contributed by atoms with van der Waals surface area (Å²) in [4.78, 5) is 58.4. The molecule has 12 heteroatoms. The zero-order valence-electron chi connectivity index (χ0n) is 53.7. The van der Waals surface area contributed by atoms with Crippen LogP contribution in [-0.2, 0) is 72.6 Å². The van der Waals surface area contributed by atoms with E-state index in [2.05, 4.69) is 74.4 Å². The number of carbonyl (C=O) groups is 3. The molecule has 0 bridgehead atoms. The van der Waals surface area contributed by atoms with Crippen molar-refractivity contribution in [2.75, 3.05) is 33.3 Å². The standard InChI is InChI=1S/C32H34N2O3.C24H25ClN2O.C24H32N2O/c1-36-30-19-18-28(23-31(30)37-25-27-13-6-3-7-14-27)24-34(22-20-29-16-8-9-21-33-29)32(35)17-10-15-26-11-4-2-5-12-26;25-22-14-12-21(13-15-22)19-27(18-16-23-10-4-5-17-26-23)24(28)11-6-9-20-7-2-1-3-8-20;27-24(16-9-14-21-10-3-1-4-11-21)26(20-22-12-5-2-6-13-22)19-17-23-15-7-8-18-25-23/h2-9,11-14,16,18-19,21,23H,10,15,17,20,22,24-25H2,1H3;1-5,7-8,10,12-15,17H,6,9,11,16,18-19H2;1,3-4,7-8,10-11,15,18,22H,2,5-6,9,12-14,16-17,19-20H2. The van der Waals surface area contributed by atoms with Gasteiger partial charge in [0, 0.05) is 118 Å². The highest BCUT2D eigenvalue weighted by molar-refractivity contribution is 6.30. The molecule has 0 saturated heterocycles. The Hall–Kier alpha value is -8.93. The van der Waals surface area contributed by atoms with E-state index in [4.69, 9.17) is 21.1 Å². The molecule has 6 aromatic carbocycles. The third-order valence-electron chi connectivity index (χ3n) is 16.6. The van der Waals surface area contributed by atoms with Gasteiger partial charge in [-0.1, -0.05) is 189 Å². The van der Waals surface area contributed by atoms with Crippen LogP contribution in [0.15, 0.2) is 237 Å². The molecule has 0 N–H and O–H groups in total. The second kappa shape index (κ2) is 40.0. The van der Waals surface area contributed by atoms with Crippen molar-refractivity contribution in [3.8, 4) is 11.5 Å². The van der Waals surface area contributed by atoms with Gasteiger partial charge in [-0.3, -0.25) is 29.3 Å². The molecule has 0 aliphatic heterocycles. The highest BCUT2D eigenvalue weighted by Gasteiger charge is 2.22. The van der Waals surface area contributed by atoms with Crippen LogP contribution in [0, 0.1) is 5.92 Å². The number of carbonyl (C=O) groups excluding carboxylic acids is 3. The maximum absolute atomic E-state index is 13.3. The van der Waals surface area contributed by atoms with Gasteiger partial charge in [-0.25, -0.2) is 0 Å². The number of halogens is 1. The van der Waals surface area contributed by atoms with Crippen molar-refractivity contribution in [2.24, 2.45) is 5.92 Å². The summed E-state index contributed by atoms with van der Waals surface area (Å²) in [6.45, 7) is 4.52. The third-order valence-corrected chi connectivity index (χ3v) is 16.8. The van der Waals surface area contributed by atoms with E-state index < -0.39 is 0 Å². The van der Waals surface area contributed by atoms with Crippen LogP contribution in [0.4, 0.5) is 0 Å². The van der Waals surface area contributed by atoms with Gasteiger partial charge in [-0.2, -0.15) is 0 Å². The minimum Gasteiger partial charge on any atom is -0.493 e. The SMILES string of the molecule is COc1ccc(CN(CCc2ccccn2)C(=O)CCCc2ccccc2)cc1OCc1ccccc1.O=C(CCCc1ccccc1)N(CCc1ccccn1)CC1CCCCC1.O=C(CCCc1ccccc1)N(CCc1ccccn1)Cc1ccc(Cl)cc1. The van der Waals surface area contributed by atoms with E-state index >= 15 is 0 Å². The normalized spacial score (nSPS) is 11.8. The zero-order valence-corrected chi connectivity index (χ0v) is 54.4. The first-order chi connectivity index (χ1) is 45.2. The molecule has 3 aromatic heterocycles. The van der Waals surface area contributed by atoms with E-state index in [-0.39, 0.29) is 11.8 Å². The summed E-state index contributed by atoms with van der Waals surface area (Å²) in [6.07, 6.45) is 21.3. The van der Waals surface area contributed by atoms with Crippen LogP contribution in [0.2, 0.25) is 5.02 Å². The molecule has 92 heavy (non-hydrogen) atoms. The first kappa shape index (κ1) is 69.0. The van der Waals surface area contributed by atoms with E-state index in [9.17, 15) is 14.4 Å². The fourth-order valence-corrected chi connectivity index (χ4v) is 11.5. The van der Waals surface area contributed by atoms with Crippen molar-refractivity contribution in [3.05, 3.63) is 292 Å². The lowest BCUT2D eigenvalue weighted by Crippen LogP contribution is -2.37. The largest absolute Gasteiger partial charge is 0.493 e. The summed E-state index contributed by atoms with van der Waals surface area (Å²) in [5, 5.41) is 0.706. The van der Waals surface area contributed by atoms with E-state index in [0.717, 1.165) is 98.2 Å². The molecule has 1 aliphatic rings. The molecule has 1 saturated carbocycles. The molecule has 0 radical (unpaired) electrons. The van der Waals surface area contributed by atoms with Gasteiger partial charge < -0.3 is 24.2 Å². The number of aromatic nitrogens is 3. The summed E-state index contributed by atoms with van der Waals surface area (Å²) >= 11 is 5.99. The first-order valence-electron chi connectivity index (χ1n) is 33.0. The second-order valence-electron chi connectivity index (χ2n) is 23.6. The van der Waals surface area contributed by atoms with E-state index in [0.29, 0.717) is 86.8 Å². The molecule has 3 heterocycles. The zero-order chi connectivity index (χ0) is 64.1. The van der Waals surface area contributed by atoms with Crippen LogP contribution < -0.4 is 9.47 Å². The maximum atomic E-state index is 13.3. The van der Waals surface area contributed by atoms with Gasteiger partial charge >= 0.3 is 0 Å². The van der Waals surface area contributed by atoms with Crippen LogP contribution in [0.5, 0.6) is 11.5 Å². The minimum atomic E-state index is 0.148. The smallest absolute Gasteiger partial charge is 0.222 e. The number of hydrogen-bond acceptors (Lipinski definition) is 8. The Labute approximate surface area is 551 Å². The number of nitrogens with zero attached hydrogens (tertiary/aromatic N) is 6. The summed E-state index contributed by atoms with van der Waals surface area (Å²) in [7, 11) is 1.64.